The molecule has 0 unspecified atom stereocenters. The van der Waals surface area contributed by atoms with E-state index < -0.39 is 23.1 Å². The van der Waals surface area contributed by atoms with Crippen molar-refractivity contribution in [2.75, 3.05) is 26.2 Å². The van der Waals surface area contributed by atoms with E-state index >= 15 is 0 Å². The van der Waals surface area contributed by atoms with Crippen molar-refractivity contribution in [3.8, 4) is 5.75 Å². The predicted molar refractivity (Wildman–Crippen MR) is 97.3 cm³/mol. The van der Waals surface area contributed by atoms with Crippen LogP contribution in [0.4, 0.5) is 8.78 Å². The van der Waals surface area contributed by atoms with Gasteiger partial charge in [-0.3, -0.25) is 4.79 Å². The third-order valence-electron chi connectivity index (χ3n) is 4.16. The lowest BCUT2D eigenvalue weighted by Gasteiger charge is -2.19. The summed E-state index contributed by atoms with van der Waals surface area (Å²) in [7, 11) is 0. The molecule has 0 heterocycles. The first-order valence-corrected chi connectivity index (χ1v) is 8.72. The summed E-state index contributed by atoms with van der Waals surface area (Å²) in [6, 6.07) is 10.6. The molecule has 6 heteroatoms. The summed E-state index contributed by atoms with van der Waals surface area (Å²) in [5.74, 6) is -1.91. The van der Waals surface area contributed by atoms with Gasteiger partial charge in [0.25, 0.3) is 5.91 Å². The van der Waals surface area contributed by atoms with Crippen LogP contribution in [0.1, 0.15) is 29.8 Å². The van der Waals surface area contributed by atoms with Crippen molar-refractivity contribution in [3.05, 3.63) is 65.2 Å². The first-order valence-electron chi connectivity index (χ1n) is 8.72. The normalized spacial score (nSPS) is 10.8. The molecule has 0 aliphatic carbocycles. The Hall–Kier alpha value is -2.47. The van der Waals surface area contributed by atoms with Crippen molar-refractivity contribution in [2.45, 2.75) is 20.4 Å². The SMILES string of the molecule is CCN(CC)CCOc1ccccc1CNC(=O)c1c(F)cccc1F. The van der Waals surface area contributed by atoms with Gasteiger partial charge >= 0.3 is 0 Å². The summed E-state index contributed by atoms with van der Waals surface area (Å²) in [5, 5.41) is 2.55. The minimum Gasteiger partial charge on any atom is -0.492 e. The molecule has 0 aromatic heterocycles. The van der Waals surface area contributed by atoms with Crippen LogP contribution < -0.4 is 10.1 Å². The molecule has 0 aliphatic heterocycles. The molecule has 2 aromatic rings. The molecular weight excluding hydrogens is 338 g/mol. The standard InChI is InChI=1S/C20H24F2N2O2/c1-3-24(4-2)12-13-26-18-11-6-5-8-15(18)14-23-20(25)19-16(21)9-7-10-17(19)22/h5-11H,3-4,12-14H2,1-2H3,(H,23,25). The number of para-hydroxylation sites is 1. The van der Waals surface area contributed by atoms with Crippen molar-refractivity contribution in [2.24, 2.45) is 0 Å². The van der Waals surface area contributed by atoms with Gasteiger partial charge in [-0.25, -0.2) is 8.78 Å². The molecule has 1 amide bonds. The number of halogens is 2. The van der Waals surface area contributed by atoms with E-state index in [4.69, 9.17) is 4.74 Å². The summed E-state index contributed by atoms with van der Waals surface area (Å²) in [4.78, 5) is 14.4. The second-order valence-corrected chi connectivity index (χ2v) is 5.76. The highest BCUT2D eigenvalue weighted by Gasteiger charge is 2.17. The van der Waals surface area contributed by atoms with E-state index in [1.807, 2.05) is 24.3 Å². The van der Waals surface area contributed by atoms with E-state index in [0.29, 0.717) is 12.4 Å². The van der Waals surface area contributed by atoms with Crippen molar-refractivity contribution in [1.82, 2.24) is 10.2 Å². The van der Waals surface area contributed by atoms with Gasteiger partial charge in [0.05, 0.1) is 0 Å². The monoisotopic (exact) mass is 362 g/mol. The summed E-state index contributed by atoms with van der Waals surface area (Å²) in [5.41, 5.74) is 0.171. The number of nitrogens with zero attached hydrogens (tertiary/aromatic N) is 1. The van der Waals surface area contributed by atoms with Gasteiger partial charge in [0.1, 0.15) is 29.6 Å². The fourth-order valence-electron chi connectivity index (χ4n) is 2.59. The second-order valence-electron chi connectivity index (χ2n) is 5.76. The number of likely N-dealkylation sites (N-methyl/N-ethyl adjacent to an activating group) is 1. The molecule has 4 nitrogen and oxygen atoms in total. The van der Waals surface area contributed by atoms with Crippen LogP contribution in [0.2, 0.25) is 0 Å². The molecule has 1 N–H and O–H groups in total. The Morgan fingerprint density at radius 2 is 1.69 bits per heavy atom. The Morgan fingerprint density at radius 1 is 1.04 bits per heavy atom. The largest absolute Gasteiger partial charge is 0.492 e. The maximum absolute atomic E-state index is 13.7. The number of hydrogen-bond acceptors (Lipinski definition) is 3. The number of rotatable bonds is 9. The van der Waals surface area contributed by atoms with Gasteiger partial charge in [0.2, 0.25) is 0 Å². The van der Waals surface area contributed by atoms with Crippen LogP contribution in [0.3, 0.4) is 0 Å². The number of benzene rings is 2. The van der Waals surface area contributed by atoms with E-state index in [1.54, 1.807) is 0 Å². The molecule has 26 heavy (non-hydrogen) atoms. The molecular formula is C20H24F2N2O2. The van der Waals surface area contributed by atoms with Crippen LogP contribution in [0.15, 0.2) is 42.5 Å². The maximum Gasteiger partial charge on any atom is 0.257 e. The number of carbonyl (C=O) groups excluding carboxylic acids is 1. The zero-order valence-electron chi connectivity index (χ0n) is 15.1. The van der Waals surface area contributed by atoms with Gasteiger partial charge in [0.15, 0.2) is 0 Å². The second kappa shape index (κ2) is 9.87. The predicted octanol–water partition coefficient (Wildman–Crippen LogP) is 3.62. The molecule has 0 atom stereocenters. The highest BCUT2D eigenvalue weighted by atomic mass is 19.1. The number of carbonyl (C=O) groups is 1. The minimum atomic E-state index is -0.883. The molecule has 140 valence electrons. The first kappa shape index (κ1) is 19.8. The van der Waals surface area contributed by atoms with Crippen LogP contribution in [0, 0.1) is 11.6 Å². The molecule has 0 aliphatic rings. The van der Waals surface area contributed by atoms with Crippen molar-refractivity contribution in [1.29, 1.82) is 0 Å². The van der Waals surface area contributed by atoms with Gasteiger partial charge < -0.3 is 15.0 Å². The average Bonchev–Trinajstić information content (AvgIpc) is 2.64. The molecule has 0 spiro atoms. The Bertz CT molecular complexity index is 713. The molecule has 0 fully saturated rings. The molecule has 0 saturated carbocycles. The molecule has 2 aromatic carbocycles. The fraction of sp³-hybridized carbons (Fsp3) is 0.350. The Balaban J connectivity index is 1.98. The molecule has 0 radical (unpaired) electrons. The van der Waals surface area contributed by atoms with E-state index in [2.05, 4.69) is 24.1 Å². The summed E-state index contributed by atoms with van der Waals surface area (Å²) in [6.45, 7) is 7.53. The van der Waals surface area contributed by atoms with Gasteiger partial charge in [-0.1, -0.05) is 38.1 Å². The van der Waals surface area contributed by atoms with E-state index in [1.165, 1.54) is 6.07 Å². The Morgan fingerprint density at radius 3 is 2.35 bits per heavy atom. The average molecular weight is 362 g/mol. The van der Waals surface area contributed by atoms with Gasteiger partial charge in [-0.15, -0.1) is 0 Å². The summed E-state index contributed by atoms with van der Waals surface area (Å²) >= 11 is 0. The fourth-order valence-corrected chi connectivity index (χ4v) is 2.59. The van der Waals surface area contributed by atoms with Crippen LogP contribution in [-0.2, 0) is 6.54 Å². The van der Waals surface area contributed by atoms with Crippen molar-refractivity contribution < 1.29 is 18.3 Å². The quantitative estimate of drug-likeness (QED) is 0.741. The third-order valence-corrected chi connectivity index (χ3v) is 4.16. The van der Waals surface area contributed by atoms with Crippen LogP contribution in [-0.4, -0.2) is 37.0 Å². The summed E-state index contributed by atoms with van der Waals surface area (Å²) < 4.78 is 33.2. The van der Waals surface area contributed by atoms with E-state index in [-0.39, 0.29) is 6.54 Å². The number of ether oxygens (including phenoxy) is 1. The lowest BCUT2D eigenvalue weighted by Crippen LogP contribution is -2.28. The highest BCUT2D eigenvalue weighted by Crippen LogP contribution is 2.18. The first-order chi connectivity index (χ1) is 12.6. The van der Waals surface area contributed by atoms with Crippen molar-refractivity contribution >= 4 is 5.91 Å². The zero-order valence-corrected chi connectivity index (χ0v) is 15.1. The van der Waals surface area contributed by atoms with E-state index in [9.17, 15) is 13.6 Å². The molecule has 0 saturated heterocycles. The van der Waals surface area contributed by atoms with Gasteiger partial charge in [0, 0.05) is 18.7 Å². The lowest BCUT2D eigenvalue weighted by molar-refractivity contribution is 0.0942. The molecule has 0 bridgehead atoms. The third kappa shape index (κ3) is 5.26. The Kier molecular flexibility index (Phi) is 7.53. The number of amides is 1. The number of hydrogen-bond donors (Lipinski definition) is 1. The minimum absolute atomic E-state index is 0.119. The topological polar surface area (TPSA) is 41.6 Å². The molecule has 2 rings (SSSR count). The van der Waals surface area contributed by atoms with Crippen molar-refractivity contribution in [3.63, 3.8) is 0 Å². The van der Waals surface area contributed by atoms with Crippen LogP contribution in [0.25, 0.3) is 0 Å². The van der Waals surface area contributed by atoms with E-state index in [0.717, 1.165) is 37.3 Å². The van der Waals surface area contributed by atoms with Gasteiger partial charge in [-0.2, -0.15) is 0 Å². The smallest absolute Gasteiger partial charge is 0.257 e. The van der Waals surface area contributed by atoms with Crippen LogP contribution >= 0.6 is 0 Å². The maximum atomic E-state index is 13.7. The lowest BCUT2D eigenvalue weighted by atomic mass is 10.1. The van der Waals surface area contributed by atoms with Crippen LogP contribution in [0.5, 0.6) is 5.75 Å². The number of nitrogens with one attached hydrogen (secondary N) is 1. The zero-order chi connectivity index (χ0) is 18.9. The van der Waals surface area contributed by atoms with Gasteiger partial charge in [-0.05, 0) is 31.3 Å². The summed E-state index contributed by atoms with van der Waals surface area (Å²) in [6.07, 6.45) is 0. The Labute approximate surface area is 152 Å². The highest BCUT2D eigenvalue weighted by molar-refractivity contribution is 5.94.